The molecule has 0 radical (unpaired) electrons. The number of ether oxygens (including phenoxy) is 4. The molecule has 0 saturated carbocycles. The van der Waals surface area contributed by atoms with Gasteiger partial charge in [0.25, 0.3) is 0 Å². The molecular weight excluding hydrogens is 989 g/mol. The minimum atomic E-state index is 0.685. The summed E-state index contributed by atoms with van der Waals surface area (Å²) in [4.78, 5) is 0. The second-order valence-electron chi connectivity index (χ2n) is 20.8. The fourth-order valence-corrected chi connectivity index (χ4v) is 12.5. The lowest BCUT2D eigenvalue weighted by Gasteiger charge is -2.21. The molecule has 374 valence electrons. The third kappa shape index (κ3) is 6.38. The van der Waals surface area contributed by atoms with Crippen molar-refractivity contribution in [1.82, 2.24) is 9.13 Å². The van der Waals surface area contributed by atoms with E-state index in [1.165, 1.54) is 0 Å². The van der Waals surface area contributed by atoms with Crippen molar-refractivity contribution < 1.29 is 27.8 Å². The van der Waals surface area contributed by atoms with Gasteiger partial charge in [-0.1, -0.05) is 109 Å². The molecule has 0 amide bonds. The zero-order valence-electron chi connectivity index (χ0n) is 42.4. The molecule has 2 aliphatic heterocycles. The lowest BCUT2D eigenvalue weighted by molar-refractivity contribution is 0.360. The Hall–Kier alpha value is -11.0. The highest BCUT2D eigenvalue weighted by atomic mass is 16.6. The highest BCUT2D eigenvalue weighted by Crippen LogP contribution is 2.50. The van der Waals surface area contributed by atoms with E-state index in [2.05, 4.69) is 179 Å². The van der Waals surface area contributed by atoms with E-state index in [4.69, 9.17) is 27.8 Å². The van der Waals surface area contributed by atoms with Gasteiger partial charge in [-0.3, -0.25) is 0 Å². The number of fused-ring (bicyclic) bond motifs is 16. The molecule has 8 nitrogen and oxygen atoms in total. The molecule has 16 aromatic rings. The average molecular weight is 1030 g/mol. The minimum Gasteiger partial charge on any atom is -0.456 e. The summed E-state index contributed by atoms with van der Waals surface area (Å²) < 4.78 is 43.2. The Labute approximate surface area is 455 Å². The number of nitrogens with zero attached hydrogens (tertiary/aromatic N) is 2. The Morgan fingerprint density at radius 2 is 0.662 bits per heavy atom. The van der Waals surface area contributed by atoms with Crippen LogP contribution in [-0.4, -0.2) is 9.13 Å². The zero-order valence-corrected chi connectivity index (χ0v) is 42.4. The van der Waals surface area contributed by atoms with Gasteiger partial charge in [0, 0.05) is 54.8 Å². The normalized spacial score (nSPS) is 12.7. The van der Waals surface area contributed by atoms with Crippen molar-refractivity contribution in [2.24, 2.45) is 0 Å². The maximum Gasteiger partial charge on any atom is 0.170 e. The maximum absolute atomic E-state index is 6.93. The molecule has 18 rings (SSSR count). The van der Waals surface area contributed by atoms with E-state index in [-0.39, 0.29) is 0 Å². The molecule has 0 fully saturated rings. The molecule has 0 atom stereocenters. The Morgan fingerprint density at radius 3 is 1.30 bits per heavy atom. The van der Waals surface area contributed by atoms with Gasteiger partial charge in [0.1, 0.15) is 16.7 Å². The second kappa shape index (κ2) is 16.3. The number of hydrogen-bond acceptors (Lipinski definition) is 6. The van der Waals surface area contributed by atoms with E-state index in [9.17, 15) is 0 Å². The summed E-state index contributed by atoms with van der Waals surface area (Å²) >= 11 is 0. The molecule has 0 unspecified atom stereocenters. The zero-order chi connectivity index (χ0) is 52.2. The van der Waals surface area contributed by atoms with Crippen molar-refractivity contribution >= 4 is 87.5 Å². The third-order valence-corrected chi connectivity index (χ3v) is 16.2. The van der Waals surface area contributed by atoms with Gasteiger partial charge in [-0.25, -0.2) is 0 Å². The summed E-state index contributed by atoms with van der Waals surface area (Å²) in [6.45, 7) is 0. The lowest BCUT2D eigenvalue weighted by Crippen LogP contribution is -1.98. The predicted octanol–water partition coefficient (Wildman–Crippen LogP) is 20.5. The molecule has 0 saturated heterocycles. The molecule has 0 spiro atoms. The van der Waals surface area contributed by atoms with Crippen LogP contribution in [0, 0.1) is 0 Å². The predicted molar refractivity (Wildman–Crippen MR) is 319 cm³/mol. The smallest absolute Gasteiger partial charge is 0.170 e. The standard InChI is InChI=1S/C72H40N2O6/c1-3-13-56-48(10-1)52-34-42(45-24-32-67-70(38-45)78-65-18-7-5-16-63(65)76-67)22-30-59(52)74(56)60-14-9-12-51-55-37-44(23-31-62(55)80-72(51)60)41-20-28-57-53(35-41)54-36-43(46-25-33-68-71(39-46)79-66-19-8-6-17-64(66)77-68)21-29-58(54)73(57)47-26-27-50-49-11-2-4-15-61(49)75-69(50)40-47/h1-40H. The Bertz CT molecular complexity index is 5340. The van der Waals surface area contributed by atoms with E-state index in [1.54, 1.807) is 0 Å². The van der Waals surface area contributed by atoms with Crippen LogP contribution in [-0.2, 0) is 0 Å². The summed E-state index contributed by atoms with van der Waals surface area (Å²) in [6.07, 6.45) is 0. The van der Waals surface area contributed by atoms with Gasteiger partial charge in [0.05, 0.1) is 27.8 Å². The lowest BCUT2D eigenvalue weighted by atomic mass is 9.99. The largest absolute Gasteiger partial charge is 0.456 e. The molecule has 0 N–H and O–H groups in total. The topological polar surface area (TPSA) is 73.1 Å². The number of hydrogen-bond donors (Lipinski definition) is 0. The van der Waals surface area contributed by atoms with Crippen LogP contribution in [0.5, 0.6) is 46.0 Å². The van der Waals surface area contributed by atoms with E-state index in [0.29, 0.717) is 46.0 Å². The molecule has 0 bridgehead atoms. The van der Waals surface area contributed by atoms with Crippen molar-refractivity contribution in [3.05, 3.63) is 243 Å². The number of para-hydroxylation sites is 7. The first-order valence-electron chi connectivity index (χ1n) is 26.8. The summed E-state index contributed by atoms with van der Waals surface area (Å²) in [5.74, 6) is 5.60. The molecule has 4 aromatic heterocycles. The summed E-state index contributed by atoms with van der Waals surface area (Å²) in [6, 6.07) is 84.5. The molecule has 80 heavy (non-hydrogen) atoms. The first-order chi connectivity index (χ1) is 39.6. The Morgan fingerprint density at radius 1 is 0.225 bits per heavy atom. The SMILES string of the molecule is c1ccc2c(c1)Oc1ccc(-c3ccc4c(c3)c3cc(-c5ccc6oc7c(-n8c9ccccc9c9cc(-c%10ccc%11c(c%10)Oc%10ccccc%10O%11)ccc98)cccc7c6c5)ccc3n4-c3ccc4c(c3)oc3ccccc34)cc1O2. The van der Waals surface area contributed by atoms with Crippen LogP contribution < -0.4 is 18.9 Å². The van der Waals surface area contributed by atoms with Crippen LogP contribution in [0.15, 0.2) is 251 Å². The van der Waals surface area contributed by atoms with Crippen LogP contribution in [0.2, 0.25) is 0 Å². The molecule has 8 heteroatoms. The number of furan rings is 2. The summed E-state index contributed by atoms with van der Waals surface area (Å²) in [5, 5.41) is 8.85. The van der Waals surface area contributed by atoms with Gasteiger partial charge in [0.2, 0.25) is 0 Å². The molecule has 2 aliphatic rings. The second-order valence-corrected chi connectivity index (χ2v) is 20.8. The van der Waals surface area contributed by atoms with E-state index in [1.807, 2.05) is 72.8 Å². The number of benzene rings is 12. The third-order valence-electron chi connectivity index (χ3n) is 16.2. The van der Waals surface area contributed by atoms with Crippen LogP contribution in [0.1, 0.15) is 0 Å². The Kier molecular flexibility index (Phi) is 8.79. The van der Waals surface area contributed by atoms with Crippen LogP contribution in [0.3, 0.4) is 0 Å². The van der Waals surface area contributed by atoms with Crippen LogP contribution >= 0.6 is 0 Å². The quantitative estimate of drug-likeness (QED) is 0.171. The highest BCUT2D eigenvalue weighted by molar-refractivity contribution is 6.15. The number of aromatic nitrogens is 2. The Balaban J connectivity index is 0.757. The molecule has 0 aliphatic carbocycles. The van der Waals surface area contributed by atoms with Crippen LogP contribution in [0.4, 0.5) is 0 Å². The van der Waals surface area contributed by atoms with Crippen molar-refractivity contribution in [2.45, 2.75) is 0 Å². The number of rotatable bonds is 5. The maximum atomic E-state index is 6.93. The van der Waals surface area contributed by atoms with Crippen molar-refractivity contribution in [3.63, 3.8) is 0 Å². The first kappa shape index (κ1) is 43.2. The average Bonchev–Trinajstić information content (AvgIpc) is 4.47. The fourth-order valence-electron chi connectivity index (χ4n) is 12.5. The monoisotopic (exact) mass is 1030 g/mol. The summed E-state index contributed by atoms with van der Waals surface area (Å²) in [7, 11) is 0. The van der Waals surface area contributed by atoms with E-state index < -0.39 is 0 Å². The summed E-state index contributed by atoms with van der Waals surface area (Å²) in [5.41, 5.74) is 16.1. The van der Waals surface area contributed by atoms with Gasteiger partial charge < -0.3 is 36.9 Å². The molecule has 6 heterocycles. The van der Waals surface area contributed by atoms with Crippen molar-refractivity contribution in [1.29, 1.82) is 0 Å². The van der Waals surface area contributed by atoms with Gasteiger partial charge >= 0.3 is 0 Å². The first-order valence-corrected chi connectivity index (χ1v) is 26.8. The molecular formula is C72H40N2O6. The van der Waals surface area contributed by atoms with Gasteiger partial charge in [-0.15, -0.1) is 0 Å². The fraction of sp³-hybridized carbons (Fsp3) is 0. The van der Waals surface area contributed by atoms with Gasteiger partial charge in [-0.2, -0.15) is 0 Å². The van der Waals surface area contributed by atoms with Crippen molar-refractivity contribution in [2.75, 3.05) is 0 Å². The minimum absolute atomic E-state index is 0.685. The van der Waals surface area contributed by atoms with Gasteiger partial charge in [-0.05, 0) is 161 Å². The molecule has 12 aromatic carbocycles. The van der Waals surface area contributed by atoms with Crippen LogP contribution in [0.25, 0.3) is 132 Å². The highest BCUT2D eigenvalue weighted by Gasteiger charge is 2.24. The van der Waals surface area contributed by atoms with E-state index in [0.717, 1.165) is 132 Å². The van der Waals surface area contributed by atoms with Gasteiger partial charge in [0.15, 0.2) is 51.6 Å². The van der Waals surface area contributed by atoms with Crippen molar-refractivity contribution in [3.8, 4) is 90.8 Å². The van der Waals surface area contributed by atoms with E-state index >= 15 is 0 Å².